The fraction of sp³-hybridized carbons (Fsp3) is 0.684. The van der Waals surface area contributed by atoms with Crippen molar-refractivity contribution >= 4 is 5.91 Å². The quantitative estimate of drug-likeness (QED) is 0.782. The summed E-state index contributed by atoms with van der Waals surface area (Å²) in [7, 11) is 3.78. The van der Waals surface area contributed by atoms with Crippen molar-refractivity contribution in [3.8, 4) is 0 Å². The van der Waals surface area contributed by atoms with E-state index in [-0.39, 0.29) is 5.91 Å². The van der Waals surface area contributed by atoms with Crippen LogP contribution >= 0.6 is 0 Å². The third-order valence-electron chi connectivity index (χ3n) is 5.40. The van der Waals surface area contributed by atoms with Gasteiger partial charge in [0.1, 0.15) is 0 Å². The predicted molar refractivity (Wildman–Crippen MR) is 95.1 cm³/mol. The smallest absolute Gasteiger partial charge is 0.254 e. The van der Waals surface area contributed by atoms with Crippen LogP contribution in [0.3, 0.4) is 0 Å². The highest BCUT2D eigenvalue weighted by molar-refractivity contribution is 5.85. The zero-order valence-corrected chi connectivity index (χ0v) is 15.3. The van der Waals surface area contributed by atoms with E-state index in [1.165, 1.54) is 5.56 Å². The van der Waals surface area contributed by atoms with E-state index >= 15 is 0 Å². The van der Waals surface area contributed by atoms with Crippen LogP contribution in [0.15, 0.2) is 24.5 Å². The van der Waals surface area contributed by atoms with Gasteiger partial charge in [-0.1, -0.05) is 6.07 Å². The Balaban J connectivity index is 1.51. The molecule has 0 aromatic carbocycles. The van der Waals surface area contributed by atoms with E-state index in [1.54, 1.807) is 13.3 Å². The highest BCUT2D eigenvalue weighted by Crippen LogP contribution is 2.29. The van der Waals surface area contributed by atoms with Gasteiger partial charge in [0.25, 0.3) is 5.91 Å². The van der Waals surface area contributed by atoms with Crippen LogP contribution in [0, 0.1) is 5.92 Å². The van der Waals surface area contributed by atoms with Gasteiger partial charge < -0.3 is 19.3 Å². The molecule has 1 amide bonds. The second kappa shape index (κ2) is 8.25. The summed E-state index contributed by atoms with van der Waals surface area (Å²) >= 11 is 0. The third kappa shape index (κ3) is 4.37. The summed E-state index contributed by atoms with van der Waals surface area (Å²) in [5, 5.41) is 0. The Labute approximate surface area is 150 Å². The second-order valence-electron chi connectivity index (χ2n) is 7.27. The molecule has 2 aliphatic heterocycles. The summed E-state index contributed by atoms with van der Waals surface area (Å²) in [5.74, 6) is 0.662. The largest absolute Gasteiger partial charge is 0.381 e. The van der Waals surface area contributed by atoms with Gasteiger partial charge in [-0.15, -0.1) is 0 Å². The SMILES string of the molecule is COC1(C(=O)N2CCC(CN(C)Cc3cccnc3)C2)CCOCC1. The zero-order valence-electron chi connectivity index (χ0n) is 15.3. The van der Waals surface area contributed by atoms with Gasteiger partial charge in [-0.05, 0) is 31.0 Å². The first-order valence-corrected chi connectivity index (χ1v) is 9.13. The van der Waals surface area contributed by atoms with Crippen LogP contribution in [0.5, 0.6) is 0 Å². The molecule has 0 spiro atoms. The number of hydrogen-bond donors (Lipinski definition) is 0. The van der Waals surface area contributed by atoms with Crippen LogP contribution in [0.4, 0.5) is 0 Å². The summed E-state index contributed by atoms with van der Waals surface area (Å²) in [5.41, 5.74) is 0.547. The maximum Gasteiger partial charge on any atom is 0.254 e. The van der Waals surface area contributed by atoms with Crippen molar-refractivity contribution in [2.75, 3.05) is 47.0 Å². The Kier molecular flexibility index (Phi) is 6.04. The molecule has 0 bridgehead atoms. The highest BCUT2D eigenvalue weighted by Gasteiger charge is 2.44. The van der Waals surface area contributed by atoms with E-state index in [2.05, 4.69) is 23.0 Å². The number of nitrogens with zero attached hydrogens (tertiary/aromatic N) is 3. The first-order valence-electron chi connectivity index (χ1n) is 9.13. The van der Waals surface area contributed by atoms with Crippen LogP contribution in [0.2, 0.25) is 0 Å². The van der Waals surface area contributed by atoms with Crippen LogP contribution in [0.25, 0.3) is 0 Å². The molecule has 6 nitrogen and oxygen atoms in total. The molecule has 0 radical (unpaired) electrons. The lowest BCUT2D eigenvalue weighted by atomic mass is 9.92. The third-order valence-corrected chi connectivity index (χ3v) is 5.40. The molecular formula is C19H29N3O3. The van der Waals surface area contributed by atoms with Crippen molar-refractivity contribution in [2.45, 2.75) is 31.4 Å². The molecule has 25 heavy (non-hydrogen) atoms. The lowest BCUT2D eigenvalue weighted by molar-refractivity contribution is -0.165. The first kappa shape index (κ1) is 18.3. The Morgan fingerprint density at radius 3 is 2.96 bits per heavy atom. The number of carbonyl (C=O) groups is 1. The van der Waals surface area contributed by atoms with Crippen molar-refractivity contribution < 1.29 is 14.3 Å². The predicted octanol–water partition coefficient (Wildman–Crippen LogP) is 1.56. The van der Waals surface area contributed by atoms with Crippen LogP contribution in [0.1, 0.15) is 24.8 Å². The molecule has 2 fully saturated rings. The van der Waals surface area contributed by atoms with Crippen LogP contribution < -0.4 is 0 Å². The summed E-state index contributed by atoms with van der Waals surface area (Å²) in [6, 6.07) is 4.07. The number of amides is 1. The number of methoxy groups -OCH3 is 1. The highest BCUT2D eigenvalue weighted by atomic mass is 16.5. The molecule has 1 unspecified atom stereocenters. The number of carbonyl (C=O) groups excluding carboxylic acids is 1. The summed E-state index contributed by atoms with van der Waals surface area (Å²) < 4.78 is 11.1. The maximum atomic E-state index is 13.0. The summed E-state index contributed by atoms with van der Waals surface area (Å²) in [6.45, 7) is 4.73. The van der Waals surface area contributed by atoms with Gasteiger partial charge in [0.05, 0.1) is 0 Å². The Morgan fingerprint density at radius 2 is 2.28 bits per heavy atom. The van der Waals surface area contributed by atoms with Gasteiger partial charge in [-0.3, -0.25) is 9.78 Å². The van der Waals surface area contributed by atoms with Gasteiger partial charge in [0.2, 0.25) is 0 Å². The average molecular weight is 347 g/mol. The van der Waals surface area contributed by atoms with Crippen molar-refractivity contribution in [3.05, 3.63) is 30.1 Å². The molecule has 2 saturated heterocycles. The molecule has 0 N–H and O–H groups in total. The summed E-state index contributed by atoms with van der Waals surface area (Å²) in [4.78, 5) is 21.5. The van der Waals surface area contributed by atoms with Crippen LogP contribution in [-0.4, -0.2) is 73.3 Å². The fourth-order valence-corrected chi connectivity index (χ4v) is 3.97. The van der Waals surface area contributed by atoms with E-state index in [4.69, 9.17) is 9.47 Å². The minimum absolute atomic E-state index is 0.149. The molecule has 1 aromatic rings. The van der Waals surface area contributed by atoms with Gasteiger partial charge >= 0.3 is 0 Å². The number of ether oxygens (including phenoxy) is 2. The normalized spacial score (nSPS) is 23.2. The maximum absolute atomic E-state index is 13.0. The molecule has 0 aliphatic carbocycles. The van der Waals surface area contributed by atoms with E-state index in [0.29, 0.717) is 32.0 Å². The average Bonchev–Trinajstić information content (AvgIpc) is 3.10. The second-order valence-corrected chi connectivity index (χ2v) is 7.27. The van der Waals surface area contributed by atoms with Gasteiger partial charge in [-0.2, -0.15) is 0 Å². The number of aromatic nitrogens is 1. The molecule has 0 saturated carbocycles. The van der Waals surface area contributed by atoms with Crippen molar-refractivity contribution in [2.24, 2.45) is 5.92 Å². The number of likely N-dealkylation sites (tertiary alicyclic amines) is 1. The molecule has 3 heterocycles. The van der Waals surface area contributed by atoms with Crippen molar-refractivity contribution in [1.29, 1.82) is 0 Å². The molecule has 1 aromatic heterocycles. The van der Waals surface area contributed by atoms with Crippen molar-refractivity contribution in [1.82, 2.24) is 14.8 Å². The summed E-state index contributed by atoms with van der Waals surface area (Å²) in [6.07, 6.45) is 6.08. The van der Waals surface area contributed by atoms with E-state index in [0.717, 1.165) is 32.6 Å². The van der Waals surface area contributed by atoms with Crippen molar-refractivity contribution in [3.63, 3.8) is 0 Å². The first-order chi connectivity index (χ1) is 12.1. The topological polar surface area (TPSA) is 54.9 Å². The van der Waals surface area contributed by atoms with Gasteiger partial charge in [0.15, 0.2) is 5.60 Å². The van der Waals surface area contributed by atoms with E-state index < -0.39 is 5.60 Å². The van der Waals surface area contributed by atoms with E-state index in [1.807, 2.05) is 17.2 Å². The number of rotatable bonds is 6. The lowest BCUT2D eigenvalue weighted by Crippen LogP contribution is -2.52. The molecule has 6 heteroatoms. The Bertz CT molecular complexity index is 560. The molecule has 2 aliphatic rings. The number of hydrogen-bond acceptors (Lipinski definition) is 5. The van der Waals surface area contributed by atoms with Crippen LogP contribution in [-0.2, 0) is 20.8 Å². The Morgan fingerprint density at radius 1 is 1.48 bits per heavy atom. The minimum Gasteiger partial charge on any atom is -0.381 e. The minimum atomic E-state index is -0.672. The Hall–Kier alpha value is -1.50. The molecule has 1 atom stereocenters. The fourth-order valence-electron chi connectivity index (χ4n) is 3.97. The monoisotopic (exact) mass is 347 g/mol. The standard InChI is InChI=1S/C19H29N3O3/c1-21(13-16-4-3-8-20-12-16)14-17-5-9-22(15-17)18(23)19(24-2)6-10-25-11-7-19/h3-4,8,12,17H,5-7,9-11,13-15H2,1-2H3. The van der Waals surface area contributed by atoms with E-state index in [9.17, 15) is 4.79 Å². The lowest BCUT2D eigenvalue weighted by Gasteiger charge is -2.37. The molecule has 3 rings (SSSR count). The molecular weight excluding hydrogens is 318 g/mol. The van der Waals surface area contributed by atoms with Gasteiger partial charge in [0, 0.05) is 71.7 Å². The number of pyridine rings is 1. The molecule has 138 valence electrons. The van der Waals surface area contributed by atoms with Gasteiger partial charge in [-0.25, -0.2) is 0 Å². The zero-order chi connectivity index (χ0) is 17.7.